The molecule has 0 bridgehead atoms. The summed E-state index contributed by atoms with van der Waals surface area (Å²) in [4.78, 5) is 16.5. The highest BCUT2D eigenvalue weighted by molar-refractivity contribution is 7.22. The Hall–Kier alpha value is -1.17. The highest BCUT2D eigenvalue weighted by Crippen LogP contribution is 2.28. The SMILES string of the molecule is CC(N)CCCC(C)C(=O)Nc1nc2ccc(Cl)cc2s1. The molecule has 3 N–H and O–H groups in total. The van der Waals surface area contributed by atoms with Gasteiger partial charge in [-0.25, -0.2) is 4.98 Å². The third-order valence-corrected chi connectivity index (χ3v) is 4.49. The van der Waals surface area contributed by atoms with E-state index in [0.29, 0.717) is 10.2 Å². The number of nitrogens with zero attached hydrogens (tertiary/aromatic N) is 1. The molecule has 2 atom stereocenters. The molecule has 2 rings (SSSR count). The second-order valence-electron chi connectivity index (χ2n) is 5.43. The molecule has 0 spiro atoms. The molecule has 4 nitrogen and oxygen atoms in total. The summed E-state index contributed by atoms with van der Waals surface area (Å²) in [6.45, 7) is 3.91. The number of carbonyl (C=O) groups is 1. The fourth-order valence-corrected chi connectivity index (χ4v) is 3.20. The van der Waals surface area contributed by atoms with Crippen molar-refractivity contribution in [2.24, 2.45) is 11.7 Å². The summed E-state index contributed by atoms with van der Waals surface area (Å²) in [7, 11) is 0. The van der Waals surface area contributed by atoms with E-state index in [1.807, 2.05) is 26.0 Å². The third-order valence-electron chi connectivity index (χ3n) is 3.32. The molecule has 2 unspecified atom stereocenters. The van der Waals surface area contributed by atoms with Gasteiger partial charge in [0.1, 0.15) is 0 Å². The van der Waals surface area contributed by atoms with Crippen molar-refractivity contribution < 1.29 is 4.79 Å². The van der Waals surface area contributed by atoms with Gasteiger partial charge in [0.15, 0.2) is 5.13 Å². The predicted octanol–water partition coefficient (Wildman–Crippen LogP) is 4.04. The van der Waals surface area contributed by atoms with Crippen molar-refractivity contribution in [3.05, 3.63) is 23.2 Å². The zero-order valence-corrected chi connectivity index (χ0v) is 13.8. The summed E-state index contributed by atoms with van der Waals surface area (Å²) < 4.78 is 0.974. The van der Waals surface area contributed by atoms with E-state index in [4.69, 9.17) is 17.3 Å². The topological polar surface area (TPSA) is 68.0 Å². The van der Waals surface area contributed by atoms with E-state index >= 15 is 0 Å². The Morgan fingerprint density at radius 1 is 1.43 bits per heavy atom. The van der Waals surface area contributed by atoms with Crippen LogP contribution in [0.1, 0.15) is 33.1 Å². The van der Waals surface area contributed by atoms with Crippen LogP contribution in [0.15, 0.2) is 18.2 Å². The van der Waals surface area contributed by atoms with Gasteiger partial charge in [-0.1, -0.05) is 36.3 Å². The summed E-state index contributed by atoms with van der Waals surface area (Å²) in [5.41, 5.74) is 6.57. The standard InChI is InChI=1S/C15H20ClN3OS/c1-9(4-3-5-10(2)17)14(20)19-15-18-12-7-6-11(16)8-13(12)21-15/h6-10H,3-5,17H2,1-2H3,(H,18,19,20). The Kier molecular flexibility index (Phi) is 5.56. The second-order valence-corrected chi connectivity index (χ2v) is 6.90. The van der Waals surface area contributed by atoms with Crippen molar-refractivity contribution in [1.29, 1.82) is 0 Å². The summed E-state index contributed by atoms with van der Waals surface area (Å²) >= 11 is 7.39. The lowest BCUT2D eigenvalue weighted by molar-refractivity contribution is -0.119. The molecule has 1 aromatic heterocycles. The number of rotatable bonds is 6. The number of hydrogen-bond donors (Lipinski definition) is 2. The van der Waals surface area contributed by atoms with Gasteiger partial charge in [-0.3, -0.25) is 4.79 Å². The summed E-state index contributed by atoms with van der Waals surface area (Å²) in [5.74, 6) is -0.0378. The molecule has 0 fully saturated rings. The molecule has 2 aromatic rings. The van der Waals surface area contributed by atoms with Gasteiger partial charge in [0, 0.05) is 17.0 Å². The summed E-state index contributed by atoms with van der Waals surface area (Å²) in [5, 5.41) is 4.18. The van der Waals surface area contributed by atoms with Crippen molar-refractivity contribution in [3.63, 3.8) is 0 Å². The molecule has 0 aliphatic carbocycles. The highest BCUT2D eigenvalue weighted by Gasteiger charge is 2.15. The average Bonchev–Trinajstić information content (AvgIpc) is 2.79. The number of anilines is 1. The van der Waals surface area contributed by atoms with Gasteiger partial charge in [-0.2, -0.15) is 0 Å². The Balaban J connectivity index is 1.94. The first-order chi connectivity index (χ1) is 9.95. The van der Waals surface area contributed by atoms with E-state index in [9.17, 15) is 4.79 Å². The molecule has 1 aromatic carbocycles. The maximum Gasteiger partial charge on any atom is 0.228 e. The quantitative estimate of drug-likeness (QED) is 0.842. The van der Waals surface area contributed by atoms with E-state index in [-0.39, 0.29) is 17.9 Å². The minimum Gasteiger partial charge on any atom is -0.328 e. The van der Waals surface area contributed by atoms with Crippen LogP contribution in [0.5, 0.6) is 0 Å². The Labute approximate surface area is 133 Å². The molecular weight excluding hydrogens is 306 g/mol. The lowest BCUT2D eigenvalue weighted by atomic mass is 10.0. The summed E-state index contributed by atoms with van der Waals surface area (Å²) in [6, 6.07) is 5.70. The number of nitrogens with one attached hydrogen (secondary N) is 1. The van der Waals surface area contributed by atoms with Gasteiger partial charge >= 0.3 is 0 Å². The van der Waals surface area contributed by atoms with Crippen LogP contribution in [0.25, 0.3) is 10.2 Å². The maximum atomic E-state index is 12.1. The average molecular weight is 326 g/mol. The van der Waals surface area contributed by atoms with Gasteiger partial charge in [-0.15, -0.1) is 0 Å². The van der Waals surface area contributed by atoms with Gasteiger partial charge in [0.25, 0.3) is 0 Å². The molecule has 1 amide bonds. The maximum absolute atomic E-state index is 12.1. The number of hydrogen-bond acceptors (Lipinski definition) is 4. The first-order valence-electron chi connectivity index (χ1n) is 7.08. The van der Waals surface area contributed by atoms with Gasteiger partial charge in [-0.05, 0) is 38.0 Å². The minimum atomic E-state index is -0.0423. The molecule has 6 heteroatoms. The van der Waals surface area contributed by atoms with Crippen molar-refractivity contribution in [2.75, 3.05) is 5.32 Å². The number of aromatic nitrogens is 1. The molecular formula is C15H20ClN3OS. The van der Waals surface area contributed by atoms with Gasteiger partial charge in [0.2, 0.25) is 5.91 Å². The highest BCUT2D eigenvalue weighted by atomic mass is 35.5. The fourth-order valence-electron chi connectivity index (χ4n) is 2.06. The molecule has 0 saturated carbocycles. The summed E-state index contributed by atoms with van der Waals surface area (Å²) in [6.07, 6.45) is 2.74. The number of amides is 1. The largest absolute Gasteiger partial charge is 0.328 e. The van der Waals surface area contributed by atoms with Crippen LogP contribution in [-0.2, 0) is 4.79 Å². The van der Waals surface area contributed by atoms with Crippen LogP contribution >= 0.6 is 22.9 Å². The number of benzene rings is 1. The van der Waals surface area contributed by atoms with Gasteiger partial charge < -0.3 is 11.1 Å². The molecule has 0 saturated heterocycles. The molecule has 1 heterocycles. The zero-order chi connectivity index (χ0) is 15.4. The lowest BCUT2D eigenvalue weighted by Gasteiger charge is -2.11. The molecule has 0 aliphatic heterocycles. The Morgan fingerprint density at radius 3 is 2.90 bits per heavy atom. The van der Waals surface area contributed by atoms with E-state index in [2.05, 4.69) is 10.3 Å². The van der Waals surface area contributed by atoms with Crippen LogP contribution in [0, 0.1) is 5.92 Å². The minimum absolute atomic E-state index is 0.00447. The lowest BCUT2D eigenvalue weighted by Crippen LogP contribution is -2.21. The van der Waals surface area contributed by atoms with Crippen LogP contribution in [0.2, 0.25) is 5.02 Å². The zero-order valence-electron chi connectivity index (χ0n) is 12.2. The van der Waals surface area contributed by atoms with E-state index in [0.717, 1.165) is 29.5 Å². The first-order valence-corrected chi connectivity index (χ1v) is 8.27. The number of fused-ring (bicyclic) bond motifs is 1. The number of thiazole rings is 1. The van der Waals surface area contributed by atoms with Crippen LogP contribution in [-0.4, -0.2) is 16.9 Å². The number of nitrogens with two attached hydrogens (primary N) is 1. The number of halogens is 1. The molecule has 0 radical (unpaired) electrons. The normalized spacial score (nSPS) is 14.1. The van der Waals surface area contributed by atoms with Crippen molar-refractivity contribution >= 4 is 44.2 Å². The smallest absolute Gasteiger partial charge is 0.228 e. The van der Waals surface area contributed by atoms with Crippen LogP contribution in [0.4, 0.5) is 5.13 Å². The van der Waals surface area contributed by atoms with Crippen LogP contribution in [0.3, 0.4) is 0 Å². The van der Waals surface area contributed by atoms with E-state index in [1.54, 1.807) is 6.07 Å². The molecule has 21 heavy (non-hydrogen) atoms. The van der Waals surface area contributed by atoms with Crippen molar-refractivity contribution in [3.8, 4) is 0 Å². The predicted molar refractivity (Wildman–Crippen MR) is 89.9 cm³/mol. The van der Waals surface area contributed by atoms with Crippen LogP contribution < -0.4 is 11.1 Å². The monoisotopic (exact) mass is 325 g/mol. The second kappa shape index (κ2) is 7.20. The first kappa shape index (κ1) is 16.2. The number of carbonyl (C=O) groups excluding carboxylic acids is 1. The van der Waals surface area contributed by atoms with Crippen molar-refractivity contribution in [1.82, 2.24) is 4.98 Å². The molecule has 114 valence electrons. The Bertz CT molecular complexity index is 626. The Morgan fingerprint density at radius 2 is 2.19 bits per heavy atom. The van der Waals surface area contributed by atoms with Gasteiger partial charge in [0.05, 0.1) is 10.2 Å². The van der Waals surface area contributed by atoms with E-state index in [1.165, 1.54) is 11.3 Å². The van der Waals surface area contributed by atoms with E-state index < -0.39 is 0 Å². The van der Waals surface area contributed by atoms with Crippen molar-refractivity contribution in [2.45, 2.75) is 39.2 Å². The molecule has 0 aliphatic rings. The fraction of sp³-hybridized carbons (Fsp3) is 0.467. The third kappa shape index (κ3) is 4.66.